The Morgan fingerprint density at radius 1 is 1.05 bits per heavy atom. The summed E-state index contributed by atoms with van der Waals surface area (Å²) in [7, 11) is 0. The van der Waals surface area contributed by atoms with Crippen LogP contribution in [0.4, 0.5) is 0 Å². The fourth-order valence-corrected chi connectivity index (χ4v) is 3.20. The first-order valence-corrected chi connectivity index (χ1v) is 8.45. The Balaban J connectivity index is 2.01. The Bertz CT molecular complexity index is 232. The van der Waals surface area contributed by atoms with Crippen molar-refractivity contribution in [3.8, 4) is 0 Å². The average molecular weight is 268 g/mol. The third-order valence-electron chi connectivity index (χ3n) is 4.42. The maximum absolute atomic E-state index is 3.57. The van der Waals surface area contributed by atoms with Crippen LogP contribution < -0.4 is 5.32 Å². The molecular formula is C17H36N2. The summed E-state index contributed by atoms with van der Waals surface area (Å²) in [5.74, 6) is 0. The van der Waals surface area contributed by atoms with Crippen LogP contribution in [-0.4, -0.2) is 35.6 Å². The van der Waals surface area contributed by atoms with Gasteiger partial charge in [0.15, 0.2) is 0 Å². The molecule has 2 unspecified atom stereocenters. The van der Waals surface area contributed by atoms with Gasteiger partial charge in [0.2, 0.25) is 0 Å². The van der Waals surface area contributed by atoms with Gasteiger partial charge in [-0.15, -0.1) is 0 Å². The number of likely N-dealkylation sites (tertiary alicyclic amines) is 1. The lowest BCUT2D eigenvalue weighted by molar-refractivity contribution is 0.194. The summed E-state index contributed by atoms with van der Waals surface area (Å²) in [6, 6.07) is 1.70. The third kappa shape index (κ3) is 6.76. The minimum atomic E-state index is 0.277. The number of rotatable bonds is 8. The summed E-state index contributed by atoms with van der Waals surface area (Å²) in [5.41, 5.74) is 0.277. The first-order valence-electron chi connectivity index (χ1n) is 8.45. The predicted octanol–water partition coefficient (Wildman–Crippen LogP) is 4.20. The standard InChI is InChI=1S/C17H36N2/c1-6-16-12-11-15(2)19(16)14-10-8-7-9-13-18-17(3,4)5/h15-16,18H,6-14H2,1-5H3. The van der Waals surface area contributed by atoms with Gasteiger partial charge in [0.25, 0.3) is 0 Å². The van der Waals surface area contributed by atoms with E-state index in [1.165, 1.54) is 58.0 Å². The molecule has 1 N–H and O–H groups in total. The molecule has 1 fully saturated rings. The van der Waals surface area contributed by atoms with E-state index in [0.717, 1.165) is 12.1 Å². The van der Waals surface area contributed by atoms with Gasteiger partial charge in [-0.25, -0.2) is 0 Å². The summed E-state index contributed by atoms with van der Waals surface area (Å²) in [4.78, 5) is 2.76. The largest absolute Gasteiger partial charge is 0.312 e. The summed E-state index contributed by atoms with van der Waals surface area (Å²) in [6.07, 6.45) is 9.65. The van der Waals surface area contributed by atoms with Crippen LogP contribution in [0.15, 0.2) is 0 Å². The Labute approximate surface area is 121 Å². The predicted molar refractivity (Wildman–Crippen MR) is 85.7 cm³/mol. The second-order valence-corrected chi connectivity index (χ2v) is 7.32. The lowest BCUT2D eigenvalue weighted by Crippen LogP contribution is -2.36. The van der Waals surface area contributed by atoms with Crippen molar-refractivity contribution in [2.45, 2.75) is 97.2 Å². The Morgan fingerprint density at radius 3 is 2.37 bits per heavy atom. The van der Waals surface area contributed by atoms with Crippen molar-refractivity contribution >= 4 is 0 Å². The van der Waals surface area contributed by atoms with Gasteiger partial charge in [-0.05, 0) is 72.9 Å². The first-order chi connectivity index (χ1) is 8.94. The van der Waals surface area contributed by atoms with Crippen LogP contribution in [-0.2, 0) is 0 Å². The van der Waals surface area contributed by atoms with Crippen LogP contribution in [0, 0.1) is 0 Å². The fourth-order valence-electron chi connectivity index (χ4n) is 3.20. The number of hydrogen-bond acceptors (Lipinski definition) is 2. The van der Waals surface area contributed by atoms with E-state index in [-0.39, 0.29) is 5.54 Å². The zero-order chi connectivity index (χ0) is 14.3. The molecular weight excluding hydrogens is 232 g/mol. The minimum absolute atomic E-state index is 0.277. The van der Waals surface area contributed by atoms with Gasteiger partial charge < -0.3 is 5.32 Å². The van der Waals surface area contributed by atoms with Crippen LogP contribution >= 0.6 is 0 Å². The van der Waals surface area contributed by atoms with Gasteiger partial charge in [-0.3, -0.25) is 4.90 Å². The van der Waals surface area contributed by atoms with E-state index in [0.29, 0.717) is 0 Å². The molecule has 19 heavy (non-hydrogen) atoms. The molecule has 1 rings (SSSR count). The summed E-state index contributed by atoms with van der Waals surface area (Å²) in [5, 5.41) is 3.57. The van der Waals surface area contributed by atoms with E-state index in [1.807, 2.05) is 0 Å². The highest BCUT2D eigenvalue weighted by Crippen LogP contribution is 2.26. The van der Waals surface area contributed by atoms with Crippen molar-refractivity contribution in [3.05, 3.63) is 0 Å². The molecule has 0 bridgehead atoms. The highest BCUT2D eigenvalue weighted by atomic mass is 15.2. The topological polar surface area (TPSA) is 15.3 Å². The minimum Gasteiger partial charge on any atom is -0.312 e. The van der Waals surface area contributed by atoms with Crippen LogP contribution in [0.5, 0.6) is 0 Å². The van der Waals surface area contributed by atoms with E-state index >= 15 is 0 Å². The molecule has 0 aromatic carbocycles. The molecule has 0 saturated carbocycles. The quantitative estimate of drug-likeness (QED) is 0.664. The maximum atomic E-state index is 3.57. The number of unbranched alkanes of at least 4 members (excludes halogenated alkanes) is 3. The Morgan fingerprint density at radius 2 is 1.74 bits per heavy atom. The van der Waals surface area contributed by atoms with Gasteiger partial charge in [0.05, 0.1) is 0 Å². The average Bonchev–Trinajstić information content (AvgIpc) is 2.68. The van der Waals surface area contributed by atoms with Gasteiger partial charge >= 0.3 is 0 Å². The van der Waals surface area contributed by atoms with E-state index in [9.17, 15) is 0 Å². The number of nitrogens with one attached hydrogen (secondary N) is 1. The Kier molecular flexibility index (Phi) is 7.38. The highest BCUT2D eigenvalue weighted by Gasteiger charge is 2.28. The van der Waals surface area contributed by atoms with E-state index in [1.54, 1.807) is 0 Å². The fraction of sp³-hybridized carbons (Fsp3) is 1.00. The van der Waals surface area contributed by atoms with Gasteiger partial charge in [-0.2, -0.15) is 0 Å². The van der Waals surface area contributed by atoms with Crippen LogP contribution in [0.2, 0.25) is 0 Å². The van der Waals surface area contributed by atoms with Crippen molar-refractivity contribution in [3.63, 3.8) is 0 Å². The molecule has 1 aliphatic rings. The lowest BCUT2D eigenvalue weighted by atomic mass is 10.1. The van der Waals surface area contributed by atoms with E-state index in [4.69, 9.17) is 0 Å². The van der Waals surface area contributed by atoms with Gasteiger partial charge in [-0.1, -0.05) is 19.8 Å². The molecule has 0 aliphatic carbocycles. The molecule has 114 valence electrons. The van der Waals surface area contributed by atoms with Crippen molar-refractivity contribution < 1.29 is 0 Å². The normalized spacial score (nSPS) is 25.1. The summed E-state index contributed by atoms with van der Waals surface area (Å²) >= 11 is 0. The summed E-state index contributed by atoms with van der Waals surface area (Å²) < 4.78 is 0. The van der Waals surface area contributed by atoms with Gasteiger partial charge in [0, 0.05) is 17.6 Å². The first kappa shape index (κ1) is 17.0. The lowest BCUT2D eigenvalue weighted by Gasteiger charge is -2.27. The molecule has 2 atom stereocenters. The molecule has 1 heterocycles. The maximum Gasteiger partial charge on any atom is 0.00965 e. The highest BCUT2D eigenvalue weighted by molar-refractivity contribution is 4.83. The molecule has 2 heteroatoms. The van der Waals surface area contributed by atoms with Crippen LogP contribution in [0.1, 0.15) is 79.6 Å². The second kappa shape index (κ2) is 8.26. The molecule has 1 aliphatic heterocycles. The number of hydrogen-bond donors (Lipinski definition) is 1. The van der Waals surface area contributed by atoms with E-state index < -0.39 is 0 Å². The zero-order valence-corrected chi connectivity index (χ0v) is 14.0. The van der Waals surface area contributed by atoms with Crippen LogP contribution in [0.25, 0.3) is 0 Å². The van der Waals surface area contributed by atoms with Crippen molar-refractivity contribution in [1.29, 1.82) is 0 Å². The van der Waals surface area contributed by atoms with Gasteiger partial charge in [0.1, 0.15) is 0 Å². The summed E-state index contributed by atoms with van der Waals surface area (Å²) in [6.45, 7) is 14.0. The smallest absolute Gasteiger partial charge is 0.00965 e. The monoisotopic (exact) mass is 268 g/mol. The van der Waals surface area contributed by atoms with Crippen LogP contribution in [0.3, 0.4) is 0 Å². The number of nitrogens with zero attached hydrogens (tertiary/aromatic N) is 1. The Hall–Kier alpha value is -0.0800. The van der Waals surface area contributed by atoms with Crippen molar-refractivity contribution in [2.24, 2.45) is 0 Å². The molecule has 0 spiro atoms. The van der Waals surface area contributed by atoms with Crippen molar-refractivity contribution in [1.82, 2.24) is 10.2 Å². The molecule has 0 aromatic heterocycles. The second-order valence-electron chi connectivity index (χ2n) is 7.32. The molecule has 0 radical (unpaired) electrons. The molecule has 0 amide bonds. The van der Waals surface area contributed by atoms with Crippen molar-refractivity contribution in [2.75, 3.05) is 13.1 Å². The third-order valence-corrected chi connectivity index (χ3v) is 4.42. The SMILES string of the molecule is CCC1CCC(C)N1CCCCCCNC(C)(C)C. The molecule has 2 nitrogen and oxygen atoms in total. The molecule has 0 aromatic rings. The molecule has 1 saturated heterocycles. The zero-order valence-electron chi connectivity index (χ0n) is 14.0. The van der Waals surface area contributed by atoms with E-state index in [2.05, 4.69) is 44.8 Å².